The van der Waals surface area contributed by atoms with E-state index in [2.05, 4.69) is 55.0 Å². The number of nitrogens with one attached hydrogen (secondary N) is 1. The third-order valence-corrected chi connectivity index (χ3v) is 5.45. The quantitative estimate of drug-likeness (QED) is 0.875. The Labute approximate surface area is 150 Å². The summed E-state index contributed by atoms with van der Waals surface area (Å²) in [5, 5.41) is 0. The van der Waals surface area contributed by atoms with Gasteiger partial charge in [-0.3, -0.25) is 4.79 Å². The maximum Gasteiger partial charge on any atom is 0.226 e. The monoisotopic (exact) mass is 339 g/mol. The summed E-state index contributed by atoms with van der Waals surface area (Å²) in [5.74, 6) is 1.58. The zero-order valence-corrected chi connectivity index (χ0v) is 15.7. The Morgan fingerprint density at radius 2 is 1.92 bits per heavy atom. The molecule has 2 unspecified atom stereocenters. The van der Waals surface area contributed by atoms with E-state index in [4.69, 9.17) is 0 Å². The average Bonchev–Trinajstić information content (AvgIpc) is 3.11. The van der Waals surface area contributed by atoms with E-state index in [1.165, 1.54) is 5.56 Å². The summed E-state index contributed by atoms with van der Waals surface area (Å²) in [6, 6.07) is 8.50. The number of carbonyl (C=O) groups excluding carboxylic acids is 1. The maximum absolute atomic E-state index is 12.9. The molecule has 0 spiro atoms. The third kappa shape index (κ3) is 3.78. The van der Waals surface area contributed by atoms with Crippen LogP contribution < -0.4 is 0 Å². The summed E-state index contributed by atoms with van der Waals surface area (Å²) in [6.45, 7) is 9.19. The van der Waals surface area contributed by atoms with Gasteiger partial charge in [-0.1, -0.05) is 50.6 Å². The molecule has 1 aliphatic heterocycles. The van der Waals surface area contributed by atoms with Crippen LogP contribution in [0.5, 0.6) is 0 Å². The summed E-state index contributed by atoms with van der Waals surface area (Å²) in [4.78, 5) is 23.1. The molecule has 134 valence electrons. The van der Waals surface area contributed by atoms with Crippen molar-refractivity contribution in [1.29, 1.82) is 0 Å². The van der Waals surface area contributed by atoms with E-state index in [-0.39, 0.29) is 17.9 Å². The molecule has 1 N–H and O–H groups in total. The number of nitrogens with zero attached hydrogens (tertiary/aromatic N) is 2. The van der Waals surface area contributed by atoms with Gasteiger partial charge in [-0.2, -0.15) is 0 Å². The van der Waals surface area contributed by atoms with E-state index in [9.17, 15) is 4.79 Å². The number of amides is 1. The minimum Gasteiger partial charge on any atom is -0.340 e. The number of aromatic nitrogens is 2. The Hall–Kier alpha value is -2.10. The number of benzene rings is 1. The molecule has 1 aromatic heterocycles. The van der Waals surface area contributed by atoms with E-state index >= 15 is 0 Å². The number of carbonyl (C=O) groups is 1. The lowest BCUT2D eigenvalue weighted by Gasteiger charge is -2.37. The number of hydrogen-bond donors (Lipinski definition) is 1. The van der Waals surface area contributed by atoms with E-state index in [1.54, 1.807) is 0 Å². The molecule has 0 bridgehead atoms. The lowest BCUT2D eigenvalue weighted by atomic mass is 9.93. The molecule has 1 amide bonds. The smallest absolute Gasteiger partial charge is 0.226 e. The van der Waals surface area contributed by atoms with Gasteiger partial charge in [0.1, 0.15) is 5.82 Å². The standard InChI is InChI=1S/C21H29N3O/c1-14(2)16(4)21(25)24-12-6-5-7-19(24)20-22-13-18(23-20)17-10-8-15(3)9-11-17/h8-11,13-14,16,19H,5-7,12H2,1-4H3,(H,22,23). The molecule has 4 nitrogen and oxygen atoms in total. The molecule has 1 aliphatic rings. The number of likely N-dealkylation sites (tertiary alicyclic amines) is 1. The molecule has 1 saturated heterocycles. The molecular weight excluding hydrogens is 310 g/mol. The van der Waals surface area contributed by atoms with Crippen LogP contribution in [-0.4, -0.2) is 27.3 Å². The normalized spacial score (nSPS) is 19.2. The fraction of sp³-hybridized carbons (Fsp3) is 0.524. The molecule has 0 saturated carbocycles. The van der Waals surface area contributed by atoms with Gasteiger partial charge in [0, 0.05) is 12.5 Å². The average molecular weight is 339 g/mol. The van der Waals surface area contributed by atoms with Gasteiger partial charge in [0.05, 0.1) is 17.9 Å². The molecule has 2 heterocycles. The Morgan fingerprint density at radius 3 is 2.60 bits per heavy atom. The van der Waals surface area contributed by atoms with Crippen LogP contribution in [0.3, 0.4) is 0 Å². The van der Waals surface area contributed by atoms with Gasteiger partial charge in [0.2, 0.25) is 5.91 Å². The minimum absolute atomic E-state index is 0.0483. The Morgan fingerprint density at radius 1 is 1.20 bits per heavy atom. The van der Waals surface area contributed by atoms with Gasteiger partial charge in [-0.05, 0) is 37.7 Å². The number of rotatable bonds is 4. The van der Waals surface area contributed by atoms with Crippen molar-refractivity contribution in [3.05, 3.63) is 41.9 Å². The van der Waals surface area contributed by atoms with E-state index < -0.39 is 0 Å². The van der Waals surface area contributed by atoms with E-state index in [1.807, 2.05) is 18.0 Å². The molecule has 0 aliphatic carbocycles. The zero-order valence-electron chi connectivity index (χ0n) is 15.7. The summed E-state index contributed by atoms with van der Waals surface area (Å²) in [6.07, 6.45) is 5.10. The largest absolute Gasteiger partial charge is 0.340 e. The molecule has 0 radical (unpaired) electrons. The maximum atomic E-state index is 12.9. The summed E-state index contributed by atoms with van der Waals surface area (Å²) >= 11 is 0. The fourth-order valence-electron chi connectivity index (χ4n) is 3.41. The summed E-state index contributed by atoms with van der Waals surface area (Å²) in [5.41, 5.74) is 3.40. The zero-order chi connectivity index (χ0) is 18.0. The van der Waals surface area contributed by atoms with Crippen molar-refractivity contribution >= 4 is 5.91 Å². The molecule has 1 aromatic carbocycles. The van der Waals surface area contributed by atoms with Crippen molar-refractivity contribution in [3.8, 4) is 11.3 Å². The van der Waals surface area contributed by atoms with Crippen LogP contribution in [0.25, 0.3) is 11.3 Å². The van der Waals surface area contributed by atoms with Crippen molar-refractivity contribution in [2.24, 2.45) is 11.8 Å². The lowest BCUT2D eigenvalue weighted by Crippen LogP contribution is -2.42. The van der Waals surface area contributed by atoms with Gasteiger partial charge in [-0.15, -0.1) is 0 Å². The highest BCUT2D eigenvalue weighted by atomic mass is 16.2. The highest BCUT2D eigenvalue weighted by Gasteiger charge is 2.33. The second kappa shape index (κ2) is 7.42. The molecule has 4 heteroatoms. The fourth-order valence-corrected chi connectivity index (χ4v) is 3.41. The SMILES string of the molecule is Cc1ccc(-c2cnc(C3CCCCN3C(=O)C(C)C(C)C)[nH]2)cc1. The summed E-state index contributed by atoms with van der Waals surface area (Å²) < 4.78 is 0. The van der Waals surface area contributed by atoms with E-state index in [0.29, 0.717) is 5.92 Å². The number of aryl methyl sites for hydroxylation is 1. The number of aromatic amines is 1. The van der Waals surface area contributed by atoms with Crippen LogP contribution >= 0.6 is 0 Å². The Balaban J connectivity index is 1.83. The molecule has 2 aromatic rings. The van der Waals surface area contributed by atoms with Crippen LogP contribution in [-0.2, 0) is 4.79 Å². The van der Waals surface area contributed by atoms with Crippen LogP contribution in [0.1, 0.15) is 57.5 Å². The number of H-pyrrole nitrogens is 1. The van der Waals surface area contributed by atoms with Crippen LogP contribution in [0, 0.1) is 18.8 Å². The van der Waals surface area contributed by atoms with Crippen molar-refractivity contribution in [2.75, 3.05) is 6.54 Å². The van der Waals surface area contributed by atoms with Crippen molar-refractivity contribution in [3.63, 3.8) is 0 Å². The number of piperidine rings is 1. The molecule has 1 fully saturated rings. The van der Waals surface area contributed by atoms with Crippen molar-refractivity contribution in [2.45, 2.75) is 53.0 Å². The predicted molar refractivity (Wildman–Crippen MR) is 101 cm³/mol. The first kappa shape index (κ1) is 17.7. The molecule has 3 rings (SSSR count). The topological polar surface area (TPSA) is 49.0 Å². The minimum atomic E-state index is 0.0483. The van der Waals surface area contributed by atoms with Crippen LogP contribution in [0.15, 0.2) is 30.5 Å². The van der Waals surface area contributed by atoms with Gasteiger partial charge >= 0.3 is 0 Å². The third-order valence-electron chi connectivity index (χ3n) is 5.45. The van der Waals surface area contributed by atoms with Crippen LogP contribution in [0.2, 0.25) is 0 Å². The van der Waals surface area contributed by atoms with E-state index in [0.717, 1.165) is 42.9 Å². The Kier molecular flexibility index (Phi) is 5.26. The van der Waals surface area contributed by atoms with Gasteiger partial charge < -0.3 is 9.88 Å². The van der Waals surface area contributed by atoms with Crippen LogP contribution in [0.4, 0.5) is 0 Å². The highest BCUT2D eigenvalue weighted by Crippen LogP contribution is 2.32. The second-order valence-electron chi connectivity index (χ2n) is 7.62. The number of imidazole rings is 1. The molecule has 25 heavy (non-hydrogen) atoms. The second-order valence-corrected chi connectivity index (χ2v) is 7.62. The summed E-state index contributed by atoms with van der Waals surface area (Å²) in [7, 11) is 0. The first-order valence-electron chi connectivity index (χ1n) is 9.39. The van der Waals surface area contributed by atoms with Crippen molar-refractivity contribution in [1.82, 2.24) is 14.9 Å². The Bertz CT molecular complexity index is 717. The highest BCUT2D eigenvalue weighted by molar-refractivity contribution is 5.79. The van der Waals surface area contributed by atoms with Gasteiger partial charge in [-0.25, -0.2) is 4.98 Å². The molecular formula is C21H29N3O. The van der Waals surface area contributed by atoms with Crippen molar-refractivity contribution < 1.29 is 4.79 Å². The predicted octanol–water partition coefficient (Wildman–Crippen LogP) is 4.73. The first-order valence-corrected chi connectivity index (χ1v) is 9.39. The first-order chi connectivity index (χ1) is 12.0. The van der Waals surface area contributed by atoms with Gasteiger partial charge in [0.25, 0.3) is 0 Å². The van der Waals surface area contributed by atoms with Gasteiger partial charge in [0.15, 0.2) is 0 Å². The molecule has 2 atom stereocenters. The lowest BCUT2D eigenvalue weighted by molar-refractivity contribution is -0.140. The number of hydrogen-bond acceptors (Lipinski definition) is 2.